The number of benzene rings is 2. The SMILES string of the molecule is C[N+](C)([O-])CCOC(c1ccccc1)c1ccccc1. The summed E-state index contributed by atoms with van der Waals surface area (Å²) in [5.74, 6) is 0. The van der Waals surface area contributed by atoms with Gasteiger partial charge in [-0.3, -0.25) is 0 Å². The van der Waals surface area contributed by atoms with Crippen LogP contribution in [0.3, 0.4) is 0 Å². The Kier molecular flexibility index (Phi) is 4.90. The third-order valence-corrected chi connectivity index (χ3v) is 3.12. The Balaban J connectivity index is 2.13. The third-order valence-electron chi connectivity index (χ3n) is 3.12. The largest absolute Gasteiger partial charge is 0.633 e. The highest BCUT2D eigenvalue weighted by Gasteiger charge is 2.15. The molecule has 3 nitrogen and oxygen atoms in total. The second-order valence-electron chi connectivity index (χ2n) is 5.37. The molecule has 0 aromatic heterocycles. The van der Waals surface area contributed by atoms with E-state index in [1.165, 1.54) is 0 Å². The molecule has 2 aromatic rings. The summed E-state index contributed by atoms with van der Waals surface area (Å²) in [6.45, 7) is 0.876. The van der Waals surface area contributed by atoms with Crippen LogP contribution < -0.4 is 0 Å². The van der Waals surface area contributed by atoms with Crippen molar-refractivity contribution in [2.24, 2.45) is 0 Å². The van der Waals surface area contributed by atoms with Crippen molar-refractivity contribution in [3.8, 4) is 0 Å². The Bertz CT molecular complexity index is 466. The van der Waals surface area contributed by atoms with Crippen molar-refractivity contribution in [2.45, 2.75) is 6.10 Å². The first-order chi connectivity index (χ1) is 9.56. The zero-order valence-electron chi connectivity index (χ0n) is 12.0. The van der Waals surface area contributed by atoms with Gasteiger partial charge in [-0.2, -0.15) is 0 Å². The fraction of sp³-hybridized carbons (Fsp3) is 0.294. The first-order valence-electron chi connectivity index (χ1n) is 6.82. The quantitative estimate of drug-likeness (QED) is 0.596. The molecule has 0 saturated heterocycles. The molecule has 0 aliphatic rings. The Hall–Kier alpha value is -1.68. The van der Waals surface area contributed by atoms with Gasteiger partial charge in [0.1, 0.15) is 12.6 Å². The molecule has 20 heavy (non-hydrogen) atoms. The molecule has 106 valence electrons. The summed E-state index contributed by atoms with van der Waals surface area (Å²) in [5.41, 5.74) is 2.21. The Morgan fingerprint density at radius 1 is 0.900 bits per heavy atom. The number of hydroxylamine groups is 3. The molecule has 0 radical (unpaired) electrons. The summed E-state index contributed by atoms with van der Waals surface area (Å²) in [5, 5.41) is 11.6. The lowest BCUT2D eigenvalue weighted by Gasteiger charge is -2.34. The van der Waals surface area contributed by atoms with E-state index in [0.29, 0.717) is 13.2 Å². The topological polar surface area (TPSA) is 32.3 Å². The van der Waals surface area contributed by atoms with E-state index in [0.717, 1.165) is 11.1 Å². The summed E-state index contributed by atoms with van der Waals surface area (Å²) < 4.78 is 5.64. The van der Waals surface area contributed by atoms with Crippen molar-refractivity contribution < 1.29 is 9.38 Å². The van der Waals surface area contributed by atoms with Crippen LogP contribution in [0.25, 0.3) is 0 Å². The molecule has 0 aliphatic heterocycles. The zero-order valence-corrected chi connectivity index (χ0v) is 12.0. The molecule has 0 amide bonds. The van der Waals surface area contributed by atoms with E-state index in [1.54, 1.807) is 14.1 Å². The van der Waals surface area contributed by atoms with Crippen molar-refractivity contribution in [3.63, 3.8) is 0 Å². The number of ether oxygens (including phenoxy) is 1. The Labute approximate surface area is 120 Å². The molecule has 2 aromatic carbocycles. The summed E-state index contributed by atoms with van der Waals surface area (Å²) in [6, 6.07) is 20.2. The highest BCUT2D eigenvalue weighted by Crippen LogP contribution is 2.25. The predicted molar refractivity (Wildman–Crippen MR) is 81.0 cm³/mol. The molecular weight excluding hydrogens is 250 g/mol. The monoisotopic (exact) mass is 271 g/mol. The van der Waals surface area contributed by atoms with Crippen molar-refractivity contribution in [1.82, 2.24) is 0 Å². The predicted octanol–water partition coefficient (Wildman–Crippen LogP) is 3.37. The van der Waals surface area contributed by atoms with Gasteiger partial charge in [-0.25, -0.2) is 0 Å². The molecular formula is C17H21NO2. The molecule has 0 fully saturated rings. The van der Waals surface area contributed by atoms with Crippen LogP contribution in [0, 0.1) is 5.21 Å². The van der Waals surface area contributed by atoms with Gasteiger partial charge in [0.15, 0.2) is 0 Å². The zero-order chi connectivity index (χ0) is 14.4. The number of nitrogens with zero attached hydrogens (tertiary/aromatic N) is 1. The van der Waals surface area contributed by atoms with Crippen LogP contribution in [0.4, 0.5) is 0 Å². The average molecular weight is 271 g/mol. The molecule has 0 saturated carbocycles. The molecule has 0 heterocycles. The van der Waals surface area contributed by atoms with Crippen LogP contribution in [-0.4, -0.2) is 31.9 Å². The van der Waals surface area contributed by atoms with E-state index in [1.807, 2.05) is 36.4 Å². The van der Waals surface area contributed by atoms with E-state index in [4.69, 9.17) is 4.74 Å². The number of hydrogen-bond acceptors (Lipinski definition) is 2. The Morgan fingerprint density at radius 2 is 1.35 bits per heavy atom. The van der Waals surface area contributed by atoms with E-state index >= 15 is 0 Å². The van der Waals surface area contributed by atoms with E-state index in [2.05, 4.69) is 24.3 Å². The van der Waals surface area contributed by atoms with Crippen molar-refractivity contribution in [1.29, 1.82) is 0 Å². The average Bonchev–Trinajstić information content (AvgIpc) is 2.44. The molecule has 3 heteroatoms. The molecule has 0 unspecified atom stereocenters. The first-order valence-corrected chi connectivity index (χ1v) is 6.82. The maximum absolute atomic E-state index is 11.6. The van der Waals surface area contributed by atoms with E-state index in [-0.39, 0.29) is 10.8 Å². The van der Waals surface area contributed by atoms with Gasteiger partial charge in [0.05, 0.1) is 20.7 Å². The van der Waals surface area contributed by atoms with Crippen LogP contribution >= 0.6 is 0 Å². The van der Waals surface area contributed by atoms with Gasteiger partial charge in [-0.1, -0.05) is 60.7 Å². The number of hydrogen-bond donors (Lipinski definition) is 0. The normalized spacial score (nSPS) is 11.8. The molecule has 0 atom stereocenters. The third kappa shape index (κ3) is 4.46. The van der Waals surface area contributed by atoms with Crippen molar-refractivity contribution in [2.75, 3.05) is 27.2 Å². The lowest BCUT2D eigenvalue weighted by molar-refractivity contribution is -0.840. The number of quaternary nitrogens is 1. The van der Waals surface area contributed by atoms with Gasteiger partial charge in [0.25, 0.3) is 0 Å². The summed E-state index contributed by atoms with van der Waals surface area (Å²) in [4.78, 5) is 0. The lowest BCUT2D eigenvalue weighted by atomic mass is 10.0. The van der Waals surface area contributed by atoms with Crippen LogP contribution in [0.1, 0.15) is 17.2 Å². The van der Waals surface area contributed by atoms with Gasteiger partial charge in [0, 0.05) is 0 Å². The lowest BCUT2D eigenvalue weighted by Crippen LogP contribution is -2.35. The van der Waals surface area contributed by atoms with Gasteiger partial charge < -0.3 is 14.6 Å². The second-order valence-corrected chi connectivity index (χ2v) is 5.37. The minimum Gasteiger partial charge on any atom is -0.633 e. The number of rotatable bonds is 6. The van der Waals surface area contributed by atoms with Crippen molar-refractivity contribution >= 4 is 0 Å². The molecule has 0 bridgehead atoms. The van der Waals surface area contributed by atoms with Gasteiger partial charge >= 0.3 is 0 Å². The maximum atomic E-state index is 11.6. The van der Waals surface area contributed by atoms with E-state index in [9.17, 15) is 5.21 Å². The van der Waals surface area contributed by atoms with Crippen LogP contribution in [-0.2, 0) is 4.74 Å². The fourth-order valence-corrected chi connectivity index (χ4v) is 2.03. The molecule has 0 aliphatic carbocycles. The maximum Gasteiger partial charge on any atom is 0.108 e. The van der Waals surface area contributed by atoms with Crippen LogP contribution in [0.5, 0.6) is 0 Å². The van der Waals surface area contributed by atoms with Crippen molar-refractivity contribution in [3.05, 3.63) is 77.0 Å². The van der Waals surface area contributed by atoms with Gasteiger partial charge in [-0.15, -0.1) is 0 Å². The molecule has 0 N–H and O–H groups in total. The minimum atomic E-state index is -0.337. The van der Waals surface area contributed by atoms with Crippen LogP contribution in [0.15, 0.2) is 60.7 Å². The van der Waals surface area contributed by atoms with Crippen LogP contribution in [0.2, 0.25) is 0 Å². The Morgan fingerprint density at radius 3 is 1.75 bits per heavy atom. The highest BCUT2D eigenvalue weighted by atomic mass is 16.5. The summed E-state index contributed by atoms with van der Waals surface area (Å²) in [6.07, 6.45) is -0.121. The minimum absolute atomic E-state index is 0.121. The number of likely N-dealkylation sites (N-methyl/N-ethyl adjacent to an activating group) is 1. The molecule has 0 spiro atoms. The summed E-state index contributed by atoms with van der Waals surface area (Å²) in [7, 11) is 3.26. The highest BCUT2D eigenvalue weighted by molar-refractivity contribution is 5.29. The smallest absolute Gasteiger partial charge is 0.108 e. The fourth-order valence-electron chi connectivity index (χ4n) is 2.03. The van der Waals surface area contributed by atoms with E-state index < -0.39 is 0 Å². The summed E-state index contributed by atoms with van der Waals surface area (Å²) >= 11 is 0. The van der Waals surface area contributed by atoms with Gasteiger partial charge in [-0.05, 0) is 11.1 Å². The second kappa shape index (κ2) is 6.66. The standard InChI is InChI=1S/C17H21NO2/c1-18(2,19)13-14-20-17(15-9-5-3-6-10-15)16-11-7-4-8-12-16/h3-12,17H,13-14H2,1-2H3. The molecule has 2 rings (SSSR count). The van der Waals surface area contributed by atoms with Gasteiger partial charge in [0.2, 0.25) is 0 Å². The first kappa shape index (κ1) is 14.7.